The molecule has 1 atom stereocenters. The highest BCUT2D eigenvalue weighted by Gasteiger charge is 2.19. The fourth-order valence-corrected chi connectivity index (χ4v) is 9.97. The highest BCUT2D eigenvalue weighted by molar-refractivity contribution is 5.71. The third-order valence-electron chi connectivity index (χ3n) is 15.1. The molecule has 0 radical (unpaired) electrons. The van der Waals surface area contributed by atoms with Gasteiger partial charge in [0.2, 0.25) is 0 Å². The van der Waals surface area contributed by atoms with E-state index in [9.17, 15) is 14.4 Å². The zero-order chi connectivity index (χ0) is 57.8. The average molecular weight is 1120 g/mol. The van der Waals surface area contributed by atoms with Crippen LogP contribution in [0.2, 0.25) is 0 Å². The Morgan fingerprint density at radius 3 is 0.775 bits per heavy atom. The molecule has 6 heteroatoms. The van der Waals surface area contributed by atoms with Crippen LogP contribution >= 0.6 is 0 Å². The van der Waals surface area contributed by atoms with Crippen molar-refractivity contribution < 1.29 is 28.6 Å². The molecule has 1 unspecified atom stereocenters. The van der Waals surface area contributed by atoms with Gasteiger partial charge in [-0.15, -0.1) is 0 Å². The van der Waals surface area contributed by atoms with E-state index in [0.717, 1.165) is 109 Å². The summed E-state index contributed by atoms with van der Waals surface area (Å²) in [5, 5.41) is 0. The average Bonchev–Trinajstić information content (AvgIpc) is 3.46. The molecule has 0 aromatic carbocycles. The minimum atomic E-state index is -0.787. The topological polar surface area (TPSA) is 78.9 Å². The van der Waals surface area contributed by atoms with Crippen molar-refractivity contribution in [3.8, 4) is 0 Å². The monoisotopic (exact) mass is 1110 g/mol. The van der Waals surface area contributed by atoms with Crippen LogP contribution in [0.3, 0.4) is 0 Å². The predicted molar refractivity (Wildman–Crippen MR) is 348 cm³/mol. The maximum absolute atomic E-state index is 12.8. The van der Waals surface area contributed by atoms with Crippen LogP contribution in [0.5, 0.6) is 0 Å². The Balaban J connectivity index is 4.02. The van der Waals surface area contributed by atoms with E-state index in [1.54, 1.807) is 0 Å². The molecule has 0 aromatic rings. The molecule has 462 valence electrons. The first-order chi connectivity index (χ1) is 39.5. The van der Waals surface area contributed by atoms with Gasteiger partial charge in [-0.3, -0.25) is 14.4 Å². The molecule has 0 saturated carbocycles. The van der Waals surface area contributed by atoms with Crippen LogP contribution in [-0.4, -0.2) is 37.2 Å². The van der Waals surface area contributed by atoms with Crippen LogP contribution in [0.4, 0.5) is 0 Å². The Morgan fingerprint density at radius 2 is 0.487 bits per heavy atom. The van der Waals surface area contributed by atoms with Gasteiger partial charge < -0.3 is 14.2 Å². The van der Waals surface area contributed by atoms with Crippen molar-refractivity contribution in [3.05, 3.63) is 85.1 Å². The first-order valence-corrected chi connectivity index (χ1v) is 34.6. The quantitative estimate of drug-likeness (QED) is 0.0261. The Morgan fingerprint density at radius 1 is 0.263 bits per heavy atom. The lowest BCUT2D eigenvalue weighted by Gasteiger charge is -2.18. The smallest absolute Gasteiger partial charge is 0.306 e. The lowest BCUT2D eigenvalue weighted by Crippen LogP contribution is -2.30. The van der Waals surface area contributed by atoms with Gasteiger partial charge in [-0.2, -0.15) is 0 Å². The largest absolute Gasteiger partial charge is 0.462 e. The summed E-state index contributed by atoms with van der Waals surface area (Å²) in [6.07, 6.45) is 90.9. The minimum Gasteiger partial charge on any atom is -0.462 e. The molecule has 0 aliphatic carbocycles. The molecule has 0 N–H and O–H groups in total. The molecule has 0 bridgehead atoms. The number of carbonyl (C=O) groups excluding carboxylic acids is 3. The van der Waals surface area contributed by atoms with Gasteiger partial charge in [-0.05, 0) is 96.3 Å². The molecular weight excluding hydrogens is 985 g/mol. The van der Waals surface area contributed by atoms with Crippen LogP contribution in [-0.2, 0) is 28.6 Å². The van der Waals surface area contributed by atoms with Gasteiger partial charge >= 0.3 is 17.9 Å². The number of hydrogen-bond donors (Lipinski definition) is 0. The van der Waals surface area contributed by atoms with Gasteiger partial charge in [-0.1, -0.05) is 318 Å². The van der Waals surface area contributed by atoms with Crippen LogP contribution in [0.25, 0.3) is 0 Å². The highest BCUT2D eigenvalue weighted by Crippen LogP contribution is 2.17. The van der Waals surface area contributed by atoms with E-state index in [1.165, 1.54) is 199 Å². The molecule has 0 aromatic heterocycles. The van der Waals surface area contributed by atoms with E-state index in [2.05, 4.69) is 106 Å². The summed E-state index contributed by atoms with van der Waals surface area (Å²) in [7, 11) is 0. The Hall–Kier alpha value is -3.41. The van der Waals surface area contributed by atoms with E-state index in [1.807, 2.05) is 0 Å². The van der Waals surface area contributed by atoms with Crippen molar-refractivity contribution in [1.82, 2.24) is 0 Å². The lowest BCUT2D eigenvalue weighted by atomic mass is 10.0. The van der Waals surface area contributed by atoms with Gasteiger partial charge in [0.1, 0.15) is 13.2 Å². The van der Waals surface area contributed by atoms with Crippen molar-refractivity contribution in [2.24, 2.45) is 0 Å². The van der Waals surface area contributed by atoms with E-state index in [4.69, 9.17) is 14.2 Å². The van der Waals surface area contributed by atoms with Crippen molar-refractivity contribution in [2.75, 3.05) is 13.2 Å². The summed E-state index contributed by atoms with van der Waals surface area (Å²) in [5.74, 6) is -0.907. The van der Waals surface area contributed by atoms with E-state index >= 15 is 0 Å². The fraction of sp³-hybridized carbons (Fsp3) is 0.770. The van der Waals surface area contributed by atoms with Crippen LogP contribution in [0, 0.1) is 0 Å². The number of esters is 3. The number of rotatable bonds is 63. The third kappa shape index (κ3) is 65.4. The van der Waals surface area contributed by atoms with Crippen LogP contribution in [0.15, 0.2) is 85.1 Å². The second-order valence-corrected chi connectivity index (χ2v) is 23.1. The molecule has 0 amide bonds. The molecule has 0 fully saturated rings. The molecule has 0 aliphatic heterocycles. The van der Waals surface area contributed by atoms with E-state index in [0.29, 0.717) is 19.3 Å². The summed E-state index contributed by atoms with van der Waals surface area (Å²) < 4.78 is 16.8. The molecule has 80 heavy (non-hydrogen) atoms. The zero-order valence-electron chi connectivity index (χ0n) is 53.1. The molecule has 0 saturated heterocycles. The van der Waals surface area contributed by atoms with E-state index < -0.39 is 6.10 Å². The predicted octanol–water partition coefficient (Wildman–Crippen LogP) is 23.8. The van der Waals surface area contributed by atoms with Crippen molar-refractivity contribution in [3.63, 3.8) is 0 Å². The molecule has 0 spiro atoms. The Labute approximate surface area is 496 Å². The highest BCUT2D eigenvalue weighted by atomic mass is 16.6. The standard InChI is InChI=1S/C74H130O6/c1-4-7-10-13-16-18-20-22-24-26-28-30-32-33-34-35-36-37-38-39-40-41-43-44-46-48-50-52-54-56-58-61-64-67-73(76)79-70-71(69-78-72(75)66-63-60-15-12-9-6-3)80-74(77)68-65-62-59-57-55-53-51-49-47-45-42-31-29-27-25-23-21-19-17-14-11-8-5-2/h8,11,17,19,23,25-26,28-29,31,45,47,51,53,71H,4-7,9-10,12-16,18,20-22,24,27,30,32-44,46,48-50,52,54-70H2,1-3H3/b11-8-,19-17-,25-23-,28-26-,31-29-,47-45-,53-51-. The Kier molecular flexibility index (Phi) is 65.2. The molecule has 6 nitrogen and oxygen atoms in total. The fourth-order valence-electron chi connectivity index (χ4n) is 9.97. The first kappa shape index (κ1) is 76.6. The molecule has 0 rings (SSSR count). The maximum Gasteiger partial charge on any atom is 0.306 e. The molecule has 0 heterocycles. The first-order valence-electron chi connectivity index (χ1n) is 34.6. The second-order valence-electron chi connectivity index (χ2n) is 23.1. The van der Waals surface area contributed by atoms with Gasteiger partial charge in [-0.25, -0.2) is 0 Å². The summed E-state index contributed by atoms with van der Waals surface area (Å²) in [6.45, 7) is 6.48. The minimum absolute atomic E-state index is 0.0842. The number of allylic oxidation sites excluding steroid dienone is 14. The van der Waals surface area contributed by atoms with Crippen LogP contribution < -0.4 is 0 Å². The zero-order valence-corrected chi connectivity index (χ0v) is 53.1. The Bertz CT molecular complexity index is 1520. The normalized spacial score (nSPS) is 12.6. The number of unbranched alkanes of at least 4 members (excludes halogenated alkanes) is 38. The summed E-state index contributed by atoms with van der Waals surface area (Å²) in [4.78, 5) is 38.1. The number of carbonyl (C=O) groups is 3. The van der Waals surface area contributed by atoms with Crippen LogP contribution in [0.1, 0.15) is 348 Å². The van der Waals surface area contributed by atoms with Crippen molar-refractivity contribution >= 4 is 17.9 Å². The SMILES string of the molecule is CC/C=C\C/C=C\C/C=C\C/C=C\C/C=C\C/C=C\CCCCCCC(=O)OC(COC(=O)CCCCCCCC)COC(=O)CCCCCCCCCCCCCCCCCCCCCCC/C=C\CCCCCCCCCC. The van der Waals surface area contributed by atoms with Gasteiger partial charge in [0, 0.05) is 19.3 Å². The van der Waals surface area contributed by atoms with Crippen molar-refractivity contribution in [2.45, 2.75) is 354 Å². The third-order valence-corrected chi connectivity index (χ3v) is 15.1. The van der Waals surface area contributed by atoms with Crippen molar-refractivity contribution in [1.29, 1.82) is 0 Å². The van der Waals surface area contributed by atoms with Gasteiger partial charge in [0.05, 0.1) is 0 Å². The second kappa shape index (κ2) is 68.1. The van der Waals surface area contributed by atoms with Gasteiger partial charge in [0.25, 0.3) is 0 Å². The van der Waals surface area contributed by atoms with E-state index in [-0.39, 0.29) is 31.1 Å². The maximum atomic E-state index is 12.8. The van der Waals surface area contributed by atoms with Gasteiger partial charge in [0.15, 0.2) is 6.10 Å². The lowest BCUT2D eigenvalue weighted by molar-refractivity contribution is -0.167. The molecular formula is C74H130O6. The summed E-state index contributed by atoms with van der Waals surface area (Å²) in [5.41, 5.74) is 0. The molecule has 0 aliphatic rings. The number of ether oxygens (including phenoxy) is 3. The number of hydrogen-bond acceptors (Lipinski definition) is 6. The summed E-state index contributed by atoms with van der Waals surface area (Å²) >= 11 is 0. The summed E-state index contributed by atoms with van der Waals surface area (Å²) in [6, 6.07) is 0.